The number of hydrogen-bond donors (Lipinski definition) is 2. The lowest BCUT2D eigenvalue weighted by molar-refractivity contribution is 0.0521. The van der Waals surface area contributed by atoms with E-state index in [1.165, 1.54) is 6.33 Å². The van der Waals surface area contributed by atoms with E-state index in [2.05, 4.69) is 29.2 Å². The number of rotatable bonds is 4. The van der Waals surface area contributed by atoms with Crippen molar-refractivity contribution in [1.82, 2.24) is 20.1 Å². The van der Waals surface area contributed by atoms with E-state index in [0.717, 1.165) is 31.4 Å². The summed E-state index contributed by atoms with van der Waals surface area (Å²) < 4.78 is 1.64. The average molecular weight is 328 g/mol. The van der Waals surface area contributed by atoms with Gasteiger partial charge in [-0.3, -0.25) is 4.79 Å². The number of benzene rings is 1. The van der Waals surface area contributed by atoms with Crippen LogP contribution in [0.25, 0.3) is 5.69 Å². The van der Waals surface area contributed by atoms with Crippen LogP contribution in [0.2, 0.25) is 0 Å². The second-order valence-electron chi connectivity index (χ2n) is 7.47. The Morgan fingerprint density at radius 3 is 2.62 bits per heavy atom. The monoisotopic (exact) mass is 328 g/mol. The molecule has 2 aromatic rings. The molecular formula is C18H24N4O2. The summed E-state index contributed by atoms with van der Waals surface area (Å²) in [4.78, 5) is 16.5. The van der Waals surface area contributed by atoms with Crippen molar-refractivity contribution in [3.05, 3.63) is 42.5 Å². The van der Waals surface area contributed by atoms with Crippen molar-refractivity contribution in [1.29, 1.82) is 0 Å². The minimum atomic E-state index is -0.524. The van der Waals surface area contributed by atoms with Gasteiger partial charge in [0, 0.05) is 5.56 Å². The van der Waals surface area contributed by atoms with E-state index in [9.17, 15) is 9.90 Å². The van der Waals surface area contributed by atoms with Gasteiger partial charge in [0.15, 0.2) is 0 Å². The highest BCUT2D eigenvalue weighted by Crippen LogP contribution is 2.40. The van der Waals surface area contributed by atoms with Gasteiger partial charge in [0.1, 0.15) is 12.7 Å². The summed E-state index contributed by atoms with van der Waals surface area (Å²) in [5.74, 6) is -0.146. The van der Waals surface area contributed by atoms with E-state index in [1.54, 1.807) is 23.1 Å². The maximum Gasteiger partial charge on any atom is 0.251 e. The summed E-state index contributed by atoms with van der Waals surface area (Å²) in [6, 6.07) is 7.21. The van der Waals surface area contributed by atoms with E-state index in [-0.39, 0.29) is 17.9 Å². The first-order valence-corrected chi connectivity index (χ1v) is 8.32. The van der Waals surface area contributed by atoms with Gasteiger partial charge in [0.2, 0.25) is 0 Å². The van der Waals surface area contributed by atoms with Crippen LogP contribution in [0.1, 0.15) is 49.9 Å². The molecule has 1 heterocycles. The Balaban J connectivity index is 1.74. The quantitative estimate of drug-likeness (QED) is 0.903. The summed E-state index contributed by atoms with van der Waals surface area (Å²) in [5.41, 5.74) is 1.03. The number of aliphatic hydroxyl groups is 1. The number of nitrogens with zero attached hydrogens (tertiary/aromatic N) is 3. The van der Waals surface area contributed by atoms with Crippen LogP contribution in [0.4, 0.5) is 0 Å². The highest BCUT2D eigenvalue weighted by molar-refractivity contribution is 5.94. The number of nitrogens with one attached hydrogen (secondary N) is 1. The van der Waals surface area contributed by atoms with Crippen LogP contribution in [0, 0.1) is 5.41 Å². The van der Waals surface area contributed by atoms with Crippen molar-refractivity contribution in [3.63, 3.8) is 0 Å². The Morgan fingerprint density at radius 1 is 1.29 bits per heavy atom. The van der Waals surface area contributed by atoms with Crippen LogP contribution in [0.5, 0.6) is 0 Å². The van der Waals surface area contributed by atoms with Gasteiger partial charge in [-0.1, -0.05) is 20.3 Å². The topological polar surface area (TPSA) is 80.0 Å². The van der Waals surface area contributed by atoms with Crippen LogP contribution in [-0.2, 0) is 0 Å². The van der Waals surface area contributed by atoms with Crippen LogP contribution in [-0.4, -0.2) is 37.9 Å². The molecule has 1 aliphatic carbocycles. The van der Waals surface area contributed by atoms with Gasteiger partial charge in [0.05, 0.1) is 17.8 Å². The number of aliphatic hydroxyl groups excluding tert-OH is 1. The molecule has 1 atom stereocenters. The summed E-state index contributed by atoms with van der Waals surface area (Å²) in [7, 11) is 0. The number of carbonyl (C=O) groups excluding carboxylic acids is 1. The fourth-order valence-corrected chi connectivity index (χ4v) is 3.70. The normalized spacial score (nSPS) is 23.0. The molecule has 1 fully saturated rings. The number of carbonyl (C=O) groups is 1. The zero-order valence-electron chi connectivity index (χ0n) is 14.2. The van der Waals surface area contributed by atoms with Gasteiger partial charge in [-0.25, -0.2) is 9.67 Å². The number of aromatic nitrogens is 3. The Labute approximate surface area is 141 Å². The van der Waals surface area contributed by atoms with Crippen molar-refractivity contribution in [2.24, 2.45) is 5.41 Å². The molecule has 0 bridgehead atoms. The van der Waals surface area contributed by atoms with Crippen molar-refractivity contribution in [2.45, 2.75) is 45.1 Å². The number of amides is 1. The molecule has 1 aliphatic rings. The molecule has 3 rings (SSSR count). The molecule has 24 heavy (non-hydrogen) atoms. The molecule has 1 amide bonds. The minimum absolute atomic E-state index is 0.0286. The van der Waals surface area contributed by atoms with E-state index in [1.807, 2.05) is 12.1 Å². The molecule has 6 heteroatoms. The van der Waals surface area contributed by atoms with Crippen molar-refractivity contribution >= 4 is 5.91 Å². The van der Waals surface area contributed by atoms with E-state index >= 15 is 0 Å². The zero-order chi connectivity index (χ0) is 17.2. The van der Waals surface area contributed by atoms with E-state index < -0.39 is 5.54 Å². The first kappa shape index (κ1) is 16.6. The zero-order valence-corrected chi connectivity index (χ0v) is 14.2. The van der Waals surface area contributed by atoms with Crippen molar-refractivity contribution in [2.75, 3.05) is 6.61 Å². The lowest BCUT2D eigenvalue weighted by Crippen LogP contribution is -2.55. The average Bonchev–Trinajstić information content (AvgIpc) is 3.08. The molecule has 1 aromatic heterocycles. The fraction of sp³-hybridized carbons (Fsp3) is 0.500. The van der Waals surface area contributed by atoms with Gasteiger partial charge < -0.3 is 10.4 Å². The van der Waals surface area contributed by atoms with Crippen LogP contribution in [0.3, 0.4) is 0 Å². The third-order valence-electron chi connectivity index (χ3n) is 4.82. The molecular weight excluding hydrogens is 304 g/mol. The Morgan fingerprint density at radius 2 is 2.04 bits per heavy atom. The molecule has 2 N–H and O–H groups in total. The van der Waals surface area contributed by atoms with Gasteiger partial charge in [0.25, 0.3) is 5.91 Å². The first-order chi connectivity index (χ1) is 11.4. The number of hydrogen-bond acceptors (Lipinski definition) is 4. The van der Waals surface area contributed by atoms with Crippen molar-refractivity contribution < 1.29 is 9.90 Å². The largest absolute Gasteiger partial charge is 0.394 e. The molecule has 0 radical (unpaired) electrons. The second-order valence-corrected chi connectivity index (χ2v) is 7.47. The lowest BCUT2D eigenvalue weighted by Gasteiger charge is -2.44. The van der Waals surface area contributed by atoms with Gasteiger partial charge in [-0.15, -0.1) is 0 Å². The highest BCUT2D eigenvalue weighted by atomic mass is 16.3. The second kappa shape index (κ2) is 6.36. The summed E-state index contributed by atoms with van der Waals surface area (Å²) >= 11 is 0. The third kappa shape index (κ3) is 3.48. The molecule has 0 spiro atoms. The van der Waals surface area contributed by atoms with Gasteiger partial charge in [-0.2, -0.15) is 5.10 Å². The molecule has 128 valence electrons. The predicted octanol–water partition coefficient (Wildman–Crippen LogP) is 2.33. The van der Waals surface area contributed by atoms with Gasteiger partial charge >= 0.3 is 0 Å². The van der Waals surface area contributed by atoms with Crippen LogP contribution in [0.15, 0.2) is 36.9 Å². The molecule has 0 aliphatic heterocycles. The Hall–Kier alpha value is -2.21. The maximum atomic E-state index is 12.6. The summed E-state index contributed by atoms with van der Waals surface area (Å²) in [5, 5.41) is 17.1. The summed E-state index contributed by atoms with van der Waals surface area (Å²) in [6.07, 6.45) is 6.82. The smallest absolute Gasteiger partial charge is 0.251 e. The SMILES string of the molecule is CC1(C)CCCC(CO)(NC(=O)c2ccc(-n3cncn3)cc2)C1. The van der Waals surface area contributed by atoms with Crippen molar-refractivity contribution in [3.8, 4) is 5.69 Å². The highest BCUT2D eigenvalue weighted by Gasteiger charge is 2.40. The maximum absolute atomic E-state index is 12.6. The van der Waals surface area contributed by atoms with E-state index in [4.69, 9.17) is 0 Å². The molecule has 6 nitrogen and oxygen atoms in total. The first-order valence-electron chi connectivity index (χ1n) is 8.32. The molecule has 1 unspecified atom stereocenters. The fourth-order valence-electron chi connectivity index (χ4n) is 3.70. The molecule has 1 aromatic carbocycles. The van der Waals surface area contributed by atoms with Crippen LogP contribution < -0.4 is 5.32 Å². The third-order valence-corrected chi connectivity index (χ3v) is 4.82. The molecule has 0 saturated heterocycles. The predicted molar refractivity (Wildman–Crippen MR) is 90.9 cm³/mol. The van der Waals surface area contributed by atoms with Gasteiger partial charge in [-0.05, 0) is 48.9 Å². The Kier molecular flexibility index (Phi) is 4.41. The minimum Gasteiger partial charge on any atom is -0.394 e. The summed E-state index contributed by atoms with van der Waals surface area (Å²) in [6.45, 7) is 4.35. The Bertz CT molecular complexity index is 694. The molecule has 1 saturated carbocycles. The lowest BCUT2D eigenvalue weighted by atomic mass is 9.68. The standard InChI is InChI=1S/C18H24N4O2/c1-17(2)8-3-9-18(10-17,11-23)21-16(24)14-4-6-15(7-5-14)22-13-19-12-20-22/h4-7,12-13,23H,3,8-11H2,1-2H3,(H,21,24). The van der Waals surface area contributed by atoms with E-state index in [0.29, 0.717) is 5.56 Å². The van der Waals surface area contributed by atoms with Crippen LogP contribution >= 0.6 is 0 Å².